The number of amides is 2. The molecule has 3 fully saturated rings. The van der Waals surface area contributed by atoms with Crippen LogP contribution in [0.25, 0.3) is 0 Å². The molecule has 2 amide bonds. The fourth-order valence-electron chi connectivity index (χ4n) is 4.84. The highest BCUT2D eigenvalue weighted by Gasteiger charge is 2.49. The average molecular weight is 320 g/mol. The second-order valence-electron chi connectivity index (χ2n) is 7.95. The first-order valence-electron chi connectivity index (χ1n) is 9.72. The third-order valence-corrected chi connectivity index (χ3v) is 6.20. The summed E-state index contributed by atoms with van der Waals surface area (Å²) in [5.74, 6) is 1.30. The summed E-state index contributed by atoms with van der Waals surface area (Å²) in [6.07, 6.45) is 11.1. The highest BCUT2D eigenvalue weighted by Crippen LogP contribution is 2.41. The molecule has 130 valence electrons. The first-order valence-corrected chi connectivity index (χ1v) is 9.72. The number of carbonyl (C=O) groups excluding carboxylic acids is 2. The van der Waals surface area contributed by atoms with Gasteiger partial charge >= 0.3 is 0 Å². The van der Waals surface area contributed by atoms with Gasteiger partial charge in [0.05, 0.1) is 5.41 Å². The number of rotatable bonds is 4. The maximum Gasteiger partial charge on any atom is 0.230 e. The molecule has 1 saturated carbocycles. The van der Waals surface area contributed by atoms with Crippen LogP contribution in [0.2, 0.25) is 0 Å². The minimum atomic E-state index is -0.254. The van der Waals surface area contributed by atoms with Gasteiger partial charge in [-0.25, -0.2) is 0 Å². The van der Waals surface area contributed by atoms with Gasteiger partial charge in [0, 0.05) is 32.6 Å². The number of nitrogens with zero attached hydrogens (tertiary/aromatic N) is 2. The minimum Gasteiger partial charge on any atom is -0.342 e. The Labute approximate surface area is 140 Å². The average Bonchev–Trinajstić information content (AvgIpc) is 2.99. The fraction of sp³-hybridized carbons (Fsp3) is 0.895. The highest BCUT2D eigenvalue weighted by molar-refractivity contribution is 5.86. The smallest absolute Gasteiger partial charge is 0.230 e. The number of likely N-dealkylation sites (tertiary alicyclic amines) is 2. The topological polar surface area (TPSA) is 40.6 Å². The Bertz CT molecular complexity index is 445. The van der Waals surface area contributed by atoms with Crippen LogP contribution in [0.1, 0.15) is 71.1 Å². The predicted octanol–water partition coefficient (Wildman–Crippen LogP) is 3.21. The zero-order chi connectivity index (χ0) is 16.3. The fourth-order valence-corrected chi connectivity index (χ4v) is 4.84. The second-order valence-corrected chi connectivity index (χ2v) is 7.95. The third-order valence-electron chi connectivity index (χ3n) is 6.20. The maximum absolute atomic E-state index is 13.1. The molecule has 0 radical (unpaired) electrons. The van der Waals surface area contributed by atoms with E-state index in [2.05, 4.69) is 4.90 Å². The SMILES string of the molecule is CCCC(=O)N1CC[C@@]2(CCCN(CC3CCCCC3)C2=O)C1. The summed E-state index contributed by atoms with van der Waals surface area (Å²) in [5.41, 5.74) is -0.254. The van der Waals surface area contributed by atoms with Gasteiger partial charge in [-0.15, -0.1) is 0 Å². The quantitative estimate of drug-likeness (QED) is 0.798. The van der Waals surface area contributed by atoms with Crippen molar-refractivity contribution in [3.05, 3.63) is 0 Å². The van der Waals surface area contributed by atoms with Crippen molar-refractivity contribution in [2.45, 2.75) is 71.1 Å². The maximum atomic E-state index is 13.1. The first kappa shape index (κ1) is 16.8. The molecule has 1 aliphatic carbocycles. The van der Waals surface area contributed by atoms with Crippen LogP contribution in [0.5, 0.6) is 0 Å². The Balaban J connectivity index is 1.61. The van der Waals surface area contributed by atoms with Gasteiger partial charge in [-0.3, -0.25) is 9.59 Å². The molecule has 3 rings (SSSR count). The molecule has 1 spiro atoms. The molecule has 3 aliphatic rings. The van der Waals surface area contributed by atoms with E-state index in [0.717, 1.165) is 45.3 Å². The molecular weight excluding hydrogens is 288 g/mol. The van der Waals surface area contributed by atoms with Gasteiger partial charge < -0.3 is 9.80 Å². The van der Waals surface area contributed by atoms with Crippen molar-refractivity contribution in [1.29, 1.82) is 0 Å². The Kier molecular flexibility index (Phi) is 5.27. The van der Waals surface area contributed by atoms with Crippen LogP contribution < -0.4 is 0 Å². The van der Waals surface area contributed by atoms with Crippen molar-refractivity contribution in [2.75, 3.05) is 26.2 Å². The molecule has 4 heteroatoms. The third kappa shape index (κ3) is 3.56. The Morgan fingerprint density at radius 1 is 1.13 bits per heavy atom. The van der Waals surface area contributed by atoms with Crippen LogP contribution in [0, 0.1) is 11.3 Å². The summed E-state index contributed by atoms with van der Waals surface area (Å²) in [6, 6.07) is 0. The van der Waals surface area contributed by atoms with Gasteiger partial charge in [0.25, 0.3) is 0 Å². The second kappa shape index (κ2) is 7.23. The number of hydrogen-bond donors (Lipinski definition) is 0. The molecule has 0 aromatic heterocycles. The molecule has 0 N–H and O–H groups in total. The molecule has 0 aromatic carbocycles. The number of carbonyl (C=O) groups is 2. The molecule has 2 aliphatic heterocycles. The van der Waals surface area contributed by atoms with E-state index in [-0.39, 0.29) is 11.3 Å². The number of piperidine rings is 1. The van der Waals surface area contributed by atoms with E-state index in [1.54, 1.807) is 0 Å². The molecule has 0 unspecified atom stereocenters. The van der Waals surface area contributed by atoms with Crippen molar-refractivity contribution >= 4 is 11.8 Å². The zero-order valence-corrected chi connectivity index (χ0v) is 14.7. The van der Waals surface area contributed by atoms with Crippen LogP contribution >= 0.6 is 0 Å². The van der Waals surface area contributed by atoms with Gasteiger partial charge in [0.1, 0.15) is 0 Å². The predicted molar refractivity (Wildman–Crippen MR) is 90.9 cm³/mol. The van der Waals surface area contributed by atoms with Gasteiger partial charge in [-0.1, -0.05) is 26.2 Å². The molecule has 23 heavy (non-hydrogen) atoms. The van der Waals surface area contributed by atoms with E-state index in [1.165, 1.54) is 32.1 Å². The summed E-state index contributed by atoms with van der Waals surface area (Å²) < 4.78 is 0. The van der Waals surface area contributed by atoms with Crippen molar-refractivity contribution in [3.63, 3.8) is 0 Å². The summed E-state index contributed by atoms with van der Waals surface area (Å²) in [6.45, 7) is 5.39. The van der Waals surface area contributed by atoms with Gasteiger partial charge in [0.2, 0.25) is 11.8 Å². The van der Waals surface area contributed by atoms with Gasteiger partial charge in [0.15, 0.2) is 0 Å². The molecule has 2 heterocycles. The summed E-state index contributed by atoms with van der Waals surface area (Å²) in [5, 5.41) is 0. The van der Waals surface area contributed by atoms with E-state index in [1.807, 2.05) is 11.8 Å². The molecule has 1 atom stereocenters. The standard InChI is InChI=1S/C19H32N2O2/c1-2-7-17(22)21-13-11-19(15-21)10-6-12-20(18(19)23)14-16-8-4-3-5-9-16/h16H,2-15H2,1H3/t19-/m0/s1. The van der Waals surface area contributed by atoms with Crippen molar-refractivity contribution in [1.82, 2.24) is 9.80 Å². The van der Waals surface area contributed by atoms with E-state index < -0.39 is 0 Å². The van der Waals surface area contributed by atoms with Gasteiger partial charge in [-0.05, 0) is 44.4 Å². The Morgan fingerprint density at radius 3 is 2.65 bits per heavy atom. The van der Waals surface area contributed by atoms with Crippen LogP contribution in [0.3, 0.4) is 0 Å². The summed E-state index contributed by atoms with van der Waals surface area (Å²) >= 11 is 0. The molecule has 0 bridgehead atoms. The summed E-state index contributed by atoms with van der Waals surface area (Å²) in [7, 11) is 0. The monoisotopic (exact) mass is 320 g/mol. The lowest BCUT2D eigenvalue weighted by Crippen LogP contribution is -2.51. The molecule has 4 nitrogen and oxygen atoms in total. The minimum absolute atomic E-state index is 0.238. The normalized spacial score (nSPS) is 29.5. The van der Waals surface area contributed by atoms with Crippen molar-refractivity contribution < 1.29 is 9.59 Å². The van der Waals surface area contributed by atoms with Crippen molar-refractivity contribution in [3.8, 4) is 0 Å². The van der Waals surface area contributed by atoms with Crippen LogP contribution in [0.4, 0.5) is 0 Å². The van der Waals surface area contributed by atoms with Gasteiger partial charge in [-0.2, -0.15) is 0 Å². The lowest BCUT2D eigenvalue weighted by atomic mass is 9.77. The van der Waals surface area contributed by atoms with E-state index in [0.29, 0.717) is 24.8 Å². The lowest BCUT2D eigenvalue weighted by molar-refractivity contribution is -0.147. The van der Waals surface area contributed by atoms with Crippen LogP contribution in [-0.4, -0.2) is 47.8 Å². The van der Waals surface area contributed by atoms with E-state index >= 15 is 0 Å². The summed E-state index contributed by atoms with van der Waals surface area (Å²) in [4.78, 5) is 29.4. The lowest BCUT2D eigenvalue weighted by Gasteiger charge is -2.41. The first-order chi connectivity index (χ1) is 11.1. The largest absolute Gasteiger partial charge is 0.342 e. The Morgan fingerprint density at radius 2 is 1.91 bits per heavy atom. The van der Waals surface area contributed by atoms with Crippen LogP contribution in [0.15, 0.2) is 0 Å². The molecule has 0 aromatic rings. The van der Waals surface area contributed by atoms with Crippen LogP contribution in [-0.2, 0) is 9.59 Å². The number of hydrogen-bond acceptors (Lipinski definition) is 2. The van der Waals surface area contributed by atoms with E-state index in [9.17, 15) is 9.59 Å². The molecule has 2 saturated heterocycles. The Hall–Kier alpha value is -1.06. The van der Waals surface area contributed by atoms with Crippen molar-refractivity contribution in [2.24, 2.45) is 11.3 Å². The zero-order valence-electron chi connectivity index (χ0n) is 14.7. The highest BCUT2D eigenvalue weighted by atomic mass is 16.2. The van der Waals surface area contributed by atoms with E-state index in [4.69, 9.17) is 0 Å². The molecular formula is C19H32N2O2.